The van der Waals surface area contributed by atoms with Gasteiger partial charge in [0.1, 0.15) is 0 Å². The molecule has 26 heavy (non-hydrogen) atoms. The standard InChI is InChI=1S/C19H19N3O2S2/c1-21-18(23)17(12-14-6-11-25-13-14)26-19(21)20-15-2-4-16(5-3-15)22-7-9-24-10-8-22/h2-6,11-13H,7-10H2,1H3/b17-12-,20-19?. The third-order valence-electron chi connectivity index (χ3n) is 4.30. The molecule has 2 aliphatic heterocycles. The lowest BCUT2D eigenvalue weighted by atomic mass is 10.2. The van der Waals surface area contributed by atoms with Gasteiger partial charge in [-0.15, -0.1) is 0 Å². The van der Waals surface area contributed by atoms with Crippen LogP contribution in [0, 0.1) is 0 Å². The summed E-state index contributed by atoms with van der Waals surface area (Å²) in [5.74, 6) is -0.00936. The minimum absolute atomic E-state index is 0.00936. The van der Waals surface area contributed by atoms with Gasteiger partial charge in [0.05, 0.1) is 23.8 Å². The number of amidine groups is 1. The molecule has 0 spiro atoms. The van der Waals surface area contributed by atoms with Crippen LogP contribution in [0.5, 0.6) is 0 Å². The van der Waals surface area contributed by atoms with Gasteiger partial charge in [-0.1, -0.05) is 0 Å². The first-order valence-electron chi connectivity index (χ1n) is 8.42. The Morgan fingerprint density at radius 1 is 1.15 bits per heavy atom. The molecular formula is C19H19N3O2S2. The van der Waals surface area contributed by atoms with Gasteiger partial charge >= 0.3 is 0 Å². The van der Waals surface area contributed by atoms with Crippen LogP contribution >= 0.6 is 23.1 Å². The lowest BCUT2D eigenvalue weighted by Crippen LogP contribution is -2.36. The van der Waals surface area contributed by atoms with Crippen molar-refractivity contribution in [1.29, 1.82) is 0 Å². The van der Waals surface area contributed by atoms with Gasteiger partial charge in [-0.2, -0.15) is 11.3 Å². The Balaban J connectivity index is 1.51. The van der Waals surface area contributed by atoms with Gasteiger partial charge in [-0.25, -0.2) is 4.99 Å². The highest BCUT2D eigenvalue weighted by Gasteiger charge is 2.30. The highest BCUT2D eigenvalue weighted by molar-refractivity contribution is 8.18. The monoisotopic (exact) mass is 385 g/mol. The van der Waals surface area contributed by atoms with E-state index in [-0.39, 0.29) is 5.91 Å². The fourth-order valence-corrected chi connectivity index (χ4v) is 4.43. The quantitative estimate of drug-likeness (QED) is 0.754. The number of anilines is 1. The second-order valence-corrected chi connectivity index (χ2v) is 7.83. The van der Waals surface area contributed by atoms with Crippen LogP contribution < -0.4 is 4.90 Å². The number of hydrogen-bond acceptors (Lipinski definition) is 6. The number of carbonyl (C=O) groups excluding carboxylic acids is 1. The van der Waals surface area contributed by atoms with Crippen molar-refractivity contribution in [3.8, 4) is 0 Å². The summed E-state index contributed by atoms with van der Waals surface area (Å²) in [6, 6.07) is 10.2. The van der Waals surface area contributed by atoms with Crippen LogP contribution in [0.1, 0.15) is 5.56 Å². The van der Waals surface area contributed by atoms with Crippen LogP contribution in [0.2, 0.25) is 0 Å². The summed E-state index contributed by atoms with van der Waals surface area (Å²) in [6.07, 6.45) is 1.92. The number of benzene rings is 1. The second kappa shape index (κ2) is 7.65. The molecule has 0 N–H and O–H groups in total. The zero-order valence-corrected chi connectivity index (χ0v) is 16.1. The first-order valence-corrected chi connectivity index (χ1v) is 10.2. The largest absolute Gasteiger partial charge is 0.378 e. The fourth-order valence-electron chi connectivity index (χ4n) is 2.83. The van der Waals surface area contributed by atoms with E-state index in [0.717, 1.165) is 37.6 Å². The molecule has 5 nitrogen and oxygen atoms in total. The minimum atomic E-state index is -0.00936. The van der Waals surface area contributed by atoms with E-state index >= 15 is 0 Å². The van der Waals surface area contributed by atoms with Gasteiger partial charge in [-0.05, 0) is 64.5 Å². The van der Waals surface area contributed by atoms with Crippen LogP contribution in [0.15, 0.2) is 51.0 Å². The number of hydrogen-bond donors (Lipinski definition) is 0. The summed E-state index contributed by atoms with van der Waals surface area (Å²) >= 11 is 3.04. The second-order valence-electron chi connectivity index (χ2n) is 6.04. The van der Waals surface area contributed by atoms with E-state index in [1.807, 2.05) is 35.0 Å². The topological polar surface area (TPSA) is 45.1 Å². The lowest BCUT2D eigenvalue weighted by Gasteiger charge is -2.28. The first-order chi connectivity index (χ1) is 12.7. The van der Waals surface area contributed by atoms with E-state index in [0.29, 0.717) is 10.1 Å². The predicted molar refractivity (Wildman–Crippen MR) is 109 cm³/mol. The number of rotatable bonds is 3. The minimum Gasteiger partial charge on any atom is -0.378 e. The molecule has 0 bridgehead atoms. The molecule has 134 valence electrons. The molecule has 2 saturated heterocycles. The number of nitrogens with zero attached hydrogens (tertiary/aromatic N) is 3. The smallest absolute Gasteiger partial charge is 0.266 e. The van der Waals surface area contributed by atoms with Crippen molar-refractivity contribution in [3.05, 3.63) is 51.6 Å². The summed E-state index contributed by atoms with van der Waals surface area (Å²) in [4.78, 5) is 21.7. The average Bonchev–Trinajstić information content (AvgIpc) is 3.28. The van der Waals surface area contributed by atoms with Crippen molar-refractivity contribution in [2.24, 2.45) is 4.99 Å². The van der Waals surface area contributed by atoms with Crippen molar-refractivity contribution in [3.63, 3.8) is 0 Å². The van der Waals surface area contributed by atoms with E-state index in [2.05, 4.69) is 22.0 Å². The molecule has 0 atom stereocenters. The van der Waals surface area contributed by atoms with E-state index in [4.69, 9.17) is 4.74 Å². The molecular weight excluding hydrogens is 366 g/mol. The Bertz CT molecular complexity index is 838. The molecule has 2 fully saturated rings. The van der Waals surface area contributed by atoms with Crippen molar-refractivity contribution in [2.45, 2.75) is 0 Å². The Labute approximate surface area is 161 Å². The maximum atomic E-state index is 12.4. The van der Waals surface area contributed by atoms with Gasteiger partial charge in [0.25, 0.3) is 5.91 Å². The molecule has 4 rings (SSSR count). The number of ether oxygens (including phenoxy) is 1. The average molecular weight is 386 g/mol. The third-order valence-corrected chi connectivity index (χ3v) is 6.06. The van der Waals surface area contributed by atoms with Gasteiger partial charge in [0.2, 0.25) is 0 Å². The third kappa shape index (κ3) is 3.70. The molecule has 7 heteroatoms. The van der Waals surface area contributed by atoms with Crippen LogP contribution in [-0.4, -0.2) is 49.3 Å². The summed E-state index contributed by atoms with van der Waals surface area (Å²) < 4.78 is 5.39. The Morgan fingerprint density at radius 2 is 1.92 bits per heavy atom. The van der Waals surface area contributed by atoms with Crippen molar-refractivity contribution >= 4 is 51.6 Å². The molecule has 2 aliphatic rings. The first kappa shape index (κ1) is 17.3. The van der Waals surface area contributed by atoms with Crippen molar-refractivity contribution < 1.29 is 9.53 Å². The molecule has 1 aromatic heterocycles. The number of thiophene rings is 1. The highest BCUT2D eigenvalue weighted by Crippen LogP contribution is 2.33. The molecule has 1 amide bonds. The normalized spacial score (nSPS) is 21.2. The van der Waals surface area contributed by atoms with Crippen LogP contribution in [0.3, 0.4) is 0 Å². The van der Waals surface area contributed by atoms with Crippen LogP contribution in [0.25, 0.3) is 6.08 Å². The maximum Gasteiger partial charge on any atom is 0.266 e. The van der Waals surface area contributed by atoms with Crippen LogP contribution in [-0.2, 0) is 9.53 Å². The van der Waals surface area contributed by atoms with Gasteiger partial charge < -0.3 is 9.64 Å². The Hall–Kier alpha value is -2.09. The SMILES string of the molecule is CN1C(=O)/C(=C/c2ccsc2)SC1=Nc1ccc(N2CCOCC2)cc1. The van der Waals surface area contributed by atoms with E-state index in [1.54, 1.807) is 23.3 Å². The molecule has 0 saturated carbocycles. The number of aliphatic imine (C=N–C) groups is 1. The number of amides is 1. The molecule has 0 aliphatic carbocycles. The summed E-state index contributed by atoms with van der Waals surface area (Å²) in [5, 5.41) is 4.74. The van der Waals surface area contributed by atoms with Crippen molar-refractivity contribution in [1.82, 2.24) is 4.90 Å². The fraction of sp³-hybridized carbons (Fsp3) is 0.263. The zero-order valence-electron chi connectivity index (χ0n) is 14.4. The number of morpholine rings is 1. The van der Waals surface area contributed by atoms with E-state index in [1.165, 1.54) is 17.4 Å². The summed E-state index contributed by atoms with van der Waals surface area (Å²) in [5.41, 5.74) is 3.08. The number of thioether (sulfide) groups is 1. The Kier molecular flexibility index (Phi) is 5.10. The van der Waals surface area contributed by atoms with Gasteiger partial charge in [0.15, 0.2) is 5.17 Å². The number of carbonyl (C=O) groups is 1. The molecule has 0 radical (unpaired) electrons. The van der Waals surface area contributed by atoms with Crippen LogP contribution in [0.4, 0.5) is 11.4 Å². The molecule has 0 unspecified atom stereocenters. The summed E-state index contributed by atoms with van der Waals surface area (Å²) in [7, 11) is 1.77. The lowest BCUT2D eigenvalue weighted by molar-refractivity contribution is -0.121. The van der Waals surface area contributed by atoms with Gasteiger partial charge in [-0.3, -0.25) is 9.69 Å². The zero-order chi connectivity index (χ0) is 17.9. The van der Waals surface area contributed by atoms with Gasteiger partial charge in [0, 0.05) is 25.8 Å². The highest BCUT2D eigenvalue weighted by atomic mass is 32.2. The molecule has 2 aromatic rings. The molecule has 1 aromatic carbocycles. The van der Waals surface area contributed by atoms with Crippen molar-refractivity contribution in [2.75, 3.05) is 38.3 Å². The van der Waals surface area contributed by atoms with E-state index < -0.39 is 0 Å². The molecule has 3 heterocycles. The maximum absolute atomic E-state index is 12.4. The Morgan fingerprint density at radius 3 is 2.62 bits per heavy atom. The van der Waals surface area contributed by atoms with E-state index in [9.17, 15) is 4.79 Å². The number of likely N-dealkylation sites (N-methyl/N-ethyl adjacent to an activating group) is 1. The summed E-state index contributed by atoms with van der Waals surface area (Å²) in [6.45, 7) is 3.37. The predicted octanol–water partition coefficient (Wildman–Crippen LogP) is 3.82.